The molecule has 0 radical (unpaired) electrons. The maximum Gasteiger partial charge on any atom is 0.229 e. The maximum atomic E-state index is 13.2. The molecule has 0 unspecified atom stereocenters. The highest BCUT2D eigenvalue weighted by molar-refractivity contribution is 5.83. The predicted octanol–water partition coefficient (Wildman–Crippen LogP) is 3.55. The number of nitrogens with zero attached hydrogens (tertiary/aromatic N) is 1. The van der Waals surface area contributed by atoms with E-state index in [1.54, 1.807) is 0 Å². The van der Waals surface area contributed by atoms with Crippen LogP contribution in [0.1, 0.15) is 57.4 Å². The van der Waals surface area contributed by atoms with Crippen molar-refractivity contribution in [3.63, 3.8) is 0 Å². The molecular weight excluding hydrogens is 284 g/mol. The molecular formula is C20H30N2O. The normalized spacial score (nSPS) is 29.2. The summed E-state index contributed by atoms with van der Waals surface area (Å²) in [4.78, 5) is 15.3. The largest absolute Gasteiger partial charge is 0.342 e. The summed E-state index contributed by atoms with van der Waals surface area (Å²) in [6, 6.07) is 10.9. The van der Waals surface area contributed by atoms with E-state index in [0.29, 0.717) is 17.7 Å². The molecule has 1 heterocycles. The number of rotatable bonds is 3. The van der Waals surface area contributed by atoms with E-state index in [0.717, 1.165) is 45.2 Å². The molecule has 0 aromatic heterocycles. The van der Waals surface area contributed by atoms with Crippen LogP contribution in [0.3, 0.4) is 0 Å². The van der Waals surface area contributed by atoms with E-state index in [2.05, 4.69) is 49.1 Å². The van der Waals surface area contributed by atoms with Crippen molar-refractivity contribution in [3.8, 4) is 0 Å². The molecule has 3 rings (SSSR count). The summed E-state index contributed by atoms with van der Waals surface area (Å²) in [5.41, 5.74) is 7.35. The van der Waals surface area contributed by atoms with Gasteiger partial charge in [-0.15, -0.1) is 0 Å². The molecule has 1 aromatic rings. The highest BCUT2D eigenvalue weighted by atomic mass is 16.2. The lowest BCUT2D eigenvalue weighted by molar-refractivity contribution is -0.146. The summed E-state index contributed by atoms with van der Waals surface area (Å²) in [7, 11) is 0. The second kappa shape index (κ2) is 6.64. The molecule has 1 saturated heterocycles. The smallest absolute Gasteiger partial charge is 0.229 e. The topological polar surface area (TPSA) is 46.3 Å². The van der Waals surface area contributed by atoms with E-state index >= 15 is 0 Å². The van der Waals surface area contributed by atoms with E-state index in [9.17, 15) is 4.79 Å². The molecule has 0 bridgehead atoms. The number of amides is 1. The van der Waals surface area contributed by atoms with Crippen LogP contribution >= 0.6 is 0 Å². The Kier molecular flexibility index (Phi) is 4.77. The van der Waals surface area contributed by atoms with Crippen LogP contribution in [-0.2, 0) is 4.79 Å². The van der Waals surface area contributed by atoms with Gasteiger partial charge in [0.05, 0.1) is 5.41 Å². The highest BCUT2D eigenvalue weighted by Crippen LogP contribution is 2.46. The third kappa shape index (κ3) is 3.16. The first-order chi connectivity index (χ1) is 11.0. The number of hydrogen-bond acceptors (Lipinski definition) is 2. The first-order valence-corrected chi connectivity index (χ1v) is 9.13. The van der Waals surface area contributed by atoms with Crippen molar-refractivity contribution in [2.75, 3.05) is 13.1 Å². The van der Waals surface area contributed by atoms with E-state index in [4.69, 9.17) is 5.73 Å². The van der Waals surface area contributed by atoms with Crippen LogP contribution in [0.5, 0.6) is 0 Å². The minimum absolute atomic E-state index is 0.197. The van der Waals surface area contributed by atoms with Crippen molar-refractivity contribution >= 4 is 5.91 Å². The van der Waals surface area contributed by atoms with E-state index in [1.807, 2.05) is 0 Å². The number of benzene rings is 1. The molecule has 1 aliphatic heterocycles. The second-order valence-corrected chi connectivity index (χ2v) is 7.79. The zero-order chi connectivity index (χ0) is 16.4. The number of hydrogen-bond donors (Lipinski definition) is 1. The monoisotopic (exact) mass is 314 g/mol. The summed E-state index contributed by atoms with van der Waals surface area (Å²) in [6.07, 6.45) is 4.97. The molecule has 126 valence electrons. The van der Waals surface area contributed by atoms with Crippen LogP contribution in [0.25, 0.3) is 0 Å². The van der Waals surface area contributed by atoms with E-state index in [1.165, 1.54) is 5.56 Å². The van der Waals surface area contributed by atoms with Crippen LogP contribution in [-0.4, -0.2) is 29.9 Å². The molecule has 1 aliphatic carbocycles. The first kappa shape index (κ1) is 16.5. The Balaban J connectivity index is 1.66. The summed E-state index contributed by atoms with van der Waals surface area (Å²) in [6.45, 7) is 6.16. The zero-order valence-corrected chi connectivity index (χ0v) is 14.5. The molecule has 2 atom stereocenters. The summed E-state index contributed by atoms with van der Waals surface area (Å²) < 4.78 is 0. The Morgan fingerprint density at radius 1 is 1.17 bits per heavy atom. The van der Waals surface area contributed by atoms with Crippen molar-refractivity contribution in [1.29, 1.82) is 0 Å². The first-order valence-electron chi connectivity index (χ1n) is 9.13. The Morgan fingerprint density at radius 3 is 2.35 bits per heavy atom. The van der Waals surface area contributed by atoms with Gasteiger partial charge < -0.3 is 10.6 Å². The second-order valence-electron chi connectivity index (χ2n) is 7.79. The Labute approximate surface area is 140 Å². The van der Waals surface area contributed by atoms with Crippen LogP contribution < -0.4 is 5.73 Å². The number of carbonyl (C=O) groups excluding carboxylic acids is 1. The van der Waals surface area contributed by atoms with Crippen molar-refractivity contribution in [2.45, 2.75) is 57.9 Å². The molecule has 3 heteroatoms. The number of piperidine rings is 1. The van der Waals surface area contributed by atoms with Crippen molar-refractivity contribution in [2.24, 2.45) is 17.1 Å². The average molecular weight is 314 g/mol. The van der Waals surface area contributed by atoms with Gasteiger partial charge in [0.15, 0.2) is 0 Å². The zero-order valence-electron chi connectivity index (χ0n) is 14.5. The van der Waals surface area contributed by atoms with E-state index in [-0.39, 0.29) is 11.5 Å². The molecule has 0 spiro atoms. The average Bonchev–Trinajstić information content (AvgIpc) is 2.98. The third-order valence-corrected chi connectivity index (χ3v) is 6.17. The molecule has 1 amide bonds. The predicted molar refractivity (Wildman–Crippen MR) is 94.1 cm³/mol. The van der Waals surface area contributed by atoms with Gasteiger partial charge in [0.2, 0.25) is 5.91 Å². The highest BCUT2D eigenvalue weighted by Gasteiger charge is 2.48. The lowest BCUT2D eigenvalue weighted by Crippen LogP contribution is -2.48. The lowest BCUT2D eigenvalue weighted by atomic mass is 9.73. The van der Waals surface area contributed by atoms with Gasteiger partial charge in [0.1, 0.15) is 0 Å². The van der Waals surface area contributed by atoms with Gasteiger partial charge in [0.25, 0.3) is 0 Å². The number of nitrogens with two attached hydrogens (primary N) is 1. The van der Waals surface area contributed by atoms with Gasteiger partial charge >= 0.3 is 0 Å². The van der Waals surface area contributed by atoms with Gasteiger partial charge in [-0.1, -0.05) is 44.2 Å². The number of likely N-dealkylation sites (tertiary alicyclic amines) is 1. The standard InChI is InChI=1S/C20H30N2O/c1-15(2)20(11-8-18(21)14-20)19(23)22-12-9-17(10-13-22)16-6-4-3-5-7-16/h3-7,15,17-18H,8-14,21H2,1-2H3/t18-,20+/m1/s1. The fourth-order valence-corrected chi connectivity index (χ4v) is 4.54. The van der Waals surface area contributed by atoms with Crippen LogP contribution in [0, 0.1) is 11.3 Å². The quantitative estimate of drug-likeness (QED) is 0.927. The molecule has 1 saturated carbocycles. The van der Waals surface area contributed by atoms with E-state index < -0.39 is 0 Å². The Morgan fingerprint density at radius 2 is 1.83 bits per heavy atom. The summed E-state index contributed by atoms with van der Waals surface area (Å²) in [5, 5.41) is 0. The van der Waals surface area contributed by atoms with Crippen LogP contribution in [0.15, 0.2) is 30.3 Å². The van der Waals surface area contributed by atoms with Crippen molar-refractivity contribution < 1.29 is 4.79 Å². The molecule has 2 aliphatic rings. The van der Waals surface area contributed by atoms with Gasteiger partial charge in [-0.3, -0.25) is 4.79 Å². The summed E-state index contributed by atoms with van der Waals surface area (Å²) in [5.74, 6) is 1.34. The molecule has 1 aromatic carbocycles. The SMILES string of the molecule is CC(C)[C@]1(C(=O)N2CCC(c3ccccc3)CC2)CC[C@@H](N)C1. The molecule has 2 fully saturated rings. The van der Waals surface area contributed by atoms with Crippen LogP contribution in [0.4, 0.5) is 0 Å². The Bertz CT molecular complexity index is 534. The summed E-state index contributed by atoms with van der Waals surface area (Å²) >= 11 is 0. The number of carbonyl (C=O) groups is 1. The van der Waals surface area contributed by atoms with Gasteiger partial charge in [-0.2, -0.15) is 0 Å². The van der Waals surface area contributed by atoms with Crippen molar-refractivity contribution in [3.05, 3.63) is 35.9 Å². The minimum Gasteiger partial charge on any atom is -0.342 e. The minimum atomic E-state index is -0.209. The van der Waals surface area contributed by atoms with Gasteiger partial charge in [-0.05, 0) is 49.5 Å². The van der Waals surface area contributed by atoms with Gasteiger partial charge in [0, 0.05) is 19.1 Å². The molecule has 2 N–H and O–H groups in total. The van der Waals surface area contributed by atoms with Crippen LogP contribution in [0.2, 0.25) is 0 Å². The molecule has 23 heavy (non-hydrogen) atoms. The van der Waals surface area contributed by atoms with Gasteiger partial charge in [-0.25, -0.2) is 0 Å². The van der Waals surface area contributed by atoms with Crippen molar-refractivity contribution in [1.82, 2.24) is 4.90 Å². The molecule has 3 nitrogen and oxygen atoms in total. The fourth-order valence-electron chi connectivity index (χ4n) is 4.54. The fraction of sp³-hybridized carbons (Fsp3) is 0.650. The Hall–Kier alpha value is -1.35. The third-order valence-electron chi connectivity index (χ3n) is 6.17. The lowest BCUT2D eigenvalue weighted by Gasteiger charge is -2.40. The maximum absolute atomic E-state index is 13.2.